The molecular formula is C11H19N5O3S. The molecule has 20 heavy (non-hydrogen) atoms. The highest BCUT2D eigenvalue weighted by atomic mass is 32.2. The average Bonchev–Trinajstić information content (AvgIpc) is 2.86. The standard InChI is InChI=1S/C11H19N5O3S/c1-3-13-11(17)9-6-12-4-5-16(9)20(18,19)10-7-14-8(2)15-10/h7,9,12H,3-6H2,1-2H3,(H,13,17)(H,14,15). The Morgan fingerprint density at radius 2 is 2.35 bits per heavy atom. The summed E-state index contributed by atoms with van der Waals surface area (Å²) in [6.45, 7) is 5.01. The third kappa shape index (κ3) is 2.84. The van der Waals surface area contributed by atoms with Crippen molar-refractivity contribution < 1.29 is 13.2 Å². The average molecular weight is 301 g/mol. The number of hydrogen-bond acceptors (Lipinski definition) is 5. The summed E-state index contributed by atoms with van der Waals surface area (Å²) in [6.07, 6.45) is 1.28. The van der Waals surface area contributed by atoms with Gasteiger partial charge in [-0.3, -0.25) is 4.79 Å². The molecule has 3 N–H and O–H groups in total. The zero-order valence-corrected chi connectivity index (χ0v) is 12.3. The first-order chi connectivity index (χ1) is 9.46. The van der Waals surface area contributed by atoms with Gasteiger partial charge in [0.15, 0.2) is 5.03 Å². The topological polar surface area (TPSA) is 107 Å². The molecule has 1 aliphatic rings. The van der Waals surface area contributed by atoms with E-state index >= 15 is 0 Å². The van der Waals surface area contributed by atoms with Crippen LogP contribution < -0.4 is 10.6 Å². The molecule has 1 amide bonds. The lowest BCUT2D eigenvalue weighted by Gasteiger charge is -2.33. The Morgan fingerprint density at radius 1 is 1.60 bits per heavy atom. The van der Waals surface area contributed by atoms with E-state index in [2.05, 4.69) is 20.6 Å². The number of amides is 1. The van der Waals surface area contributed by atoms with Gasteiger partial charge in [0.2, 0.25) is 5.91 Å². The summed E-state index contributed by atoms with van der Waals surface area (Å²) in [6, 6.07) is -0.739. The Morgan fingerprint density at radius 3 is 2.95 bits per heavy atom. The predicted molar refractivity (Wildman–Crippen MR) is 72.6 cm³/mol. The van der Waals surface area contributed by atoms with Crippen LogP contribution in [0.3, 0.4) is 0 Å². The molecule has 9 heteroatoms. The third-order valence-electron chi connectivity index (χ3n) is 3.11. The first-order valence-corrected chi connectivity index (χ1v) is 7.92. The van der Waals surface area contributed by atoms with Crippen LogP contribution in [0.15, 0.2) is 11.2 Å². The number of H-pyrrole nitrogens is 1. The second-order valence-corrected chi connectivity index (χ2v) is 6.42. The second kappa shape index (κ2) is 5.90. The summed E-state index contributed by atoms with van der Waals surface area (Å²) in [5.41, 5.74) is 0. The smallest absolute Gasteiger partial charge is 0.260 e. The molecule has 0 aliphatic carbocycles. The molecule has 0 radical (unpaired) electrons. The molecule has 1 aromatic heterocycles. The molecule has 1 fully saturated rings. The van der Waals surface area contributed by atoms with Crippen molar-refractivity contribution in [3.05, 3.63) is 12.0 Å². The number of carbonyl (C=O) groups excluding carboxylic acids is 1. The Bertz CT molecular complexity index is 583. The number of nitrogens with one attached hydrogen (secondary N) is 3. The van der Waals surface area contributed by atoms with Crippen molar-refractivity contribution in [2.45, 2.75) is 24.9 Å². The molecule has 1 atom stereocenters. The number of hydrogen-bond donors (Lipinski definition) is 3. The van der Waals surface area contributed by atoms with Crippen molar-refractivity contribution in [3.8, 4) is 0 Å². The van der Waals surface area contributed by atoms with Gasteiger partial charge in [-0.25, -0.2) is 13.4 Å². The van der Waals surface area contributed by atoms with Crippen molar-refractivity contribution in [2.75, 3.05) is 26.2 Å². The number of aromatic nitrogens is 2. The number of aromatic amines is 1. The number of nitrogens with zero attached hydrogens (tertiary/aromatic N) is 2. The first kappa shape index (κ1) is 14.9. The molecule has 1 saturated heterocycles. The number of sulfonamides is 1. The maximum Gasteiger partial charge on any atom is 0.260 e. The zero-order chi connectivity index (χ0) is 14.8. The number of carbonyl (C=O) groups is 1. The predicted octanol–water partition coefficient (Wildman–Crippen LogP) is -1.18. The molecule has 1 aromatic rings. The molecule has 1 aliphatic heterocycles. The van der Waals surface area contributed by atoms with Crippen LogP contribution in [0.5, 0.6) is 0 Å². The van der Waals surface area contributed by atoms with Crippen molar-refractivity contribution in [3.63, 3.8) is 0 Å². The first-order valence-electron chi connectivity index (χ1n) is 6.48. The quantitative estimate of drug-likeness (QED) is 0.649. The molecule has 0 saturated carbocycles. The van der Waals surface area contributed by atoms with Crippen LogP contribution in [0, 0.1) is 6.92 Å². The van der Waals surface area contributed by atoms with Crippen molar-refractivity contribution in [2.24, 2.45) is 0 Å². The molecule has 1 unspecified atom stereocenters. The van der Waals surface area contributed by atoms with E-state index in [1.807, 2.05) is 0 Å². The highest BCUT2D eigenvalue weighted by molar-refractivity contribution is 7.89. The number of aryl methyl sites for hydroxylation is 1. The Kier molecular flexibility index (Phi) is 4.41. The van der Waals surface area contributed by atoms with Crippen LogP contribution in [0.2, 0.25) is 0 Å². The maximum atomic E-state index is 12.6. The highest BCUT2D eigenvalue weighted by Gasteiger charge is 2.38. The molecule has 112 valence electrons. The number of piperazine rings is 1. The fourth-order valence-corrected chi connectivity index (χ4v) is 3.70. The summed E-state index contributed by atoms with van der Waals surface area (Å²) < 4.78 is 26.4. The maximum absolute atomic E-state index is 12.6. The summed E-state index contributed by atoms with van der Waals surface area (Å²) in [7, 11) is -3.74. The third-order valence-corrected chi connectivity index (χ3v) is 4.93. The highest BCUT2D eigenvalue weighted by Crippen LogP contribution is 2.18. The Hall–Kier alpha value is -1.45. The molecule has 0 bridgehead atoms. The minimum Gasteiger partial charge on any atom is -0.355 e. The lowest BCUT2D eigenvalue weighted by molar-refractivity contribution is -0.125. The number of rotatable bonds is 4. The number of imidazole rings is 1. The molecule has 8 nitrogen and oxygen atoms in total. The fourth-order valence-electron chi connectivity index (χ4n) is 2.14. The van der Waals surface area contributed by atoms with Gasteiger partial charge >= 0.3 is 0 Å². The minimum atomic E-state index is -3.74. The van der Waals surface area contributed by atoms with Gasteiger partial charge < -0.3 is 15.6 Å². The van der Waals surface area contributed by atoms with Gasteiger partial charge in [-0.1, -0.05) is 0 Å². The molecule has 0 aromatic carbocycles. The second-order valence-electron chi connectivity index (χ2n) is 4.56. The summed E-state index contributed by atoms with van der Waals surface area (Å²) in [5.74, 6) is 0.229. The van der Waals surface area contributed by atoms with Gasteiger partial charge in [-0.2, -0.15) is 4.31 Å². The van der Waals surface area contributed by atoms with Crippen LogP contribution >= 0.6 is 0 Å². The van der Waals surface area contributed by atoms with Crippen LogP contribution in [-0.2, 0) is 14.8 Å². The molecular weight excluding hydrogens is 282 g/mol. The number of likely N-dealkylation sites (N-methyl/N-ethyl adjacent to an activating group) is 1. The lowest BCUT2D eigenvalue weighted by atomic mass is 10.2. The monoisotopic (exact) mass is 301 g/mol. The fraction of sp³-hybridized carbons (Fsp3) is 0.636. The van der Waals surface area contributed by atoms with Crippen molar-refractivity contribution >= 4 is 15.9 Å². The largest absolute Gasteiger partial charge is 0.355 e. The SMILES string of the molecule is CCNC(=O)C1CNCCN1S(=O)(=O)c1cnc(C)[nH]1. The van der Waals surface area contributed by atoms with Gasteiger partial charge in [0.1, 0.15) is 11.9 Å². The van der Waals surface area contributed by atoms with E-state index in [1.165, 1.54) is 10.5 Å². The summed E-state index contributed by atoms with van der Waals surface area (Å²) in [5, 5.41) is 5.72. The van der Waals surface area contributed by atoms with E-state index < -0.39 is 16.1 Å². The lowest BCUT2D eigenvalue weighted by Crippen LogP contribution is -2.59. The van der Waals surface area contributed by atoms with Gasteiger partial charge in [-0.15, -0.1) is 0 Å². The van der Waals surface area contributed by atoms with E-state index in [9.17, 15) is 13.2 Å². The van der Waals surface area contributed by atoms with Crippen molar-refractivity contribution in [1.82, 2.24) is 24.9 Å². The van der Waals surface area contributed by atoms with Gasteiger partial charge in [0.05, 0.1) is 6.20 Å². The van der Waals surface area contributed by atoms with Crippen LogP contribution in [-0.4, -0.2) is 60.8 Å². The Labute approximate surface area is 118 Å². The Balaban J connectivity index is 2.29. The van der Waals surface area contributed by atoms with Crippen LogP contribution in [0.4, 0.5) is 0 Å². The van der Waals surface area contributed by atoms with Crippen molar-refractivity contribution in [1.29, 1.82) is 0 Å². The zero-order valence-electron chi connectivity index (χ0n) is 11.5. The van der Waals surface area contributed by atoms with E-state index in [0.29, 0.717) is 25.5 Å². The van der Waals surface area contributed by atoms with Gasteiger partial charge in [0.25, 0.3) is 10.0 Å². The van der Waals surface area contributed by atoms with Crippen LogP contribution in [0.25, 0.3) is 0 Å². The van der Waals surface area contributed by atoms with Gasteiger partial charge in [-0.05, 0) is 13.8 Å². The van der Waals surface area contributed by atoms with E-state index in [1.54, 1.807) is 13.8 Å². The van der Waals surface area contributed by atoms with E-state index in [4.69, 9.17) is 0 Å². The minimum absolute atomic E-state index is 0.0196. The summed E-state index contributed by atoms with van der Waals surface area (Å²) in [4.78, 5) is 18.6. The molecule has 0 spiro atoms. The summed E-state index contributed by atoms with van der Waals surface area (Å²) >= 11 is 0. The van der Waals surface area contributed by atoms with E-state index in [-0.39, 0.29) is 17.5 Å². The van der Waals surface area contributed by atoms with Crippen LogP contribution in [0.1, 0.15) is 12.7 Å². The van der Waals surface area contributed by atoms with E-state index in [0.717, 1.165) is 0 Å². The molecule has 2 rings (SSSR count). The molecule has 2 heterocycles. The normalized spacial score (nSPS) is 20.8. The van der Waals surface area contributed by atoms with Gasteiger partial charge in [0, 0.05) is 26.2 Å².